The van der Waals surface area contributed by atoms with E-state index >= 15 is 0 Å². The van der Waals surface area contributed by atoms with Crippen molar-refractivity contribution in [1.82, 2.24) is 43.6 Å². The number of primary amides is 2. The van der Waals surface area contributed by atoms with Gasteiger partial charge < -0.3 is 25.3 Å². The topological polar surface area (TPSA) is 228 Å². The van der Waals surface area contributed by atoms with Gasteiger partial charge in [-0.3, -0.25) is 44.1 Å². The summed E-state index contributed by atoms with van der Waals surface area (Å²) >= 11 is 0. The number of hydrogen-bond donors (Lipinski definition) is 4. The molecule has 4 amide bonds. The second-order valence-electron chi connectivity index (χ2n) is 13.8. The van der Waals surface area contributed by atoms with Crippen LogP contribution < -0.4 is 22.1 Å². The first-order valence-electron chi connectivity index (χ1n) is 18.7. The Kier molecular flexibility index (Phi) is 11.0. The van der Waals surface area contributed by atoms with Crippen LogP contribution >= 0.6 is 0 Å². The van der Waals surface area contributed by atoms with Crippen molar-refractivity contribution in [2.75, 3.05) is 36.9 Å². The fourth-order valence-corrected chi connectivity index (χ4v) is 7.08. The minimum Gasteiger partial charge on any atom is -0.379 e. The molecule has 6 N–H and O–H groups in total. The first kappa shape index (κ1) is 38.6. The van der Waals surface area contributed by atoms with Gasteiger partial charge in [0.25, 0.3) is 11.8 Å². The third-order valence-electron chi connectivity index (χ3n) is 9.80. The first-order chi connectivity index (χ1) is 27.4. The molecule has 0 saturated carbocycles. The molecule has 0 unspecified atom stereocenters. The quantitative estimate of drug-likeness (QED) is 0.118. The molecule has 0 spiro atoms. The van der Waals surface area contributed by atoms with Gasteiger partial charge in [-0.1, -0.05) is 12.2 Å². The molecule has 1 aliphatic heterocycles. The van der Waals surface area contributed by atoms with Gasteiger partial charge in [-0.05, 0) is 75.7 Å². The molecule has 1 fully saturated rings. The highest BCUT2D eigenvalue weighted by atomic mass is 16.5. The first-order valence-corrected chi connectivity index (χ1v) is 18.7. The zero-order valence-electron chi connectivity index (χ0n) is 32.3. The Bertz CT molecular complexity index is 2550. The van der Waals surface area contributed by atoms with E-state index in [0.29, 0.717) is 90.8 Å². The van der Waals surface area contributed by atoms with Gasteiger partial charge in [-0.25, -0.2) is 9.97 Å². The number of benzene rings is 2. The Hall–Kier alpha value is -6.66. The van der Waals surface area contributed by atoms with Crippen LogP contribution in [0.1, 0.15) is 72.5 Å². The van der Waals surface area contributed by atoms with Crippen molar-refractivity contribution in [3.05, 3.63) is 94.1 Å². The lowest BCUT2D eigenvalue weighted by molar-refractivity contribution is 0.0343. The minimum atomic E-state index is -0.597. The number of aromatic nitrogens is 8. The summed E-state index contributed by atoms with van der Waals surface area (Å²) < 4.78 is 12.5. The fourth-order valence-electron chi connectivity index (χ4n) is 7.08. The summed E-state index contributed by atoms with van der Waals surface area (Å²) in [6.07, 6.45) is 3.83. The van der Waals surface area contributed by atoms with Gasteiger partial charge >= 0.3 is 0 Å². The van der Waals surface area contributed by atoms with E-state index in [1.807, 2.05) is 49.0 Å². The third-order valence-corrected chi connectivity index (χ3v) is 9.80. The van der Waals surface area contributed by atoms with Crippen LogP contribution in [0.25, 0.3) is 22.1 Å². The van der Waals surface area contributed by atoms with Crippen LogP contribution in [0, 0.1) is 13.8 Å². The number of carbonyl (C=O) groups excluding carboxylic acids is 4. The lowest BCUT2D eigenvalue weighted by Gasteiger charge is -2.27. The summed E-state index contributed by atoms with van der Waals surface area (Å²) in [5.74, 6) is -1.42. The molecule has 0 radical (unpaired) electrons. The van der Waals surface area contributed by atoms with Crippen molar-refractivity contribution in [3.63, 3.8) is 0 Å². The van der Waals surface area contributed by atoms with Crippen molar-refractivity contribution in [2.45, 2.75) is 60.4 Å². The van der Waals surface area contributed by atoms with E-state index in [0.717, 1.165) is 11.1 Å². The Morgan fingerprint density at radius 3 is 1.86 bits per heavy atom. The molecular weight excluding hydrogens is 731 g/mol. The van der Waals surface area contributed by atoms with Gasteiger partial charge in [0.2, 0.25) is 23.7 Å². The van der Waals surface area contributed by atoms with Crippen LogP contribution in [0.5, 0.6) is 0 Å². The fraction of sp³-hybridized carbons (Fsp3) is 0.333. The Morgan fingerprint density at radius 2 is 1.28 bits per heavy atom. The molecule has 0 aliphatic carbocycles. The largest absolute Gasteiger partial charge is 0.379 e. The highest BCUT2D eigenvalue weighted by Gasteiger charge is 2.23. The van der Waals surface area contributed by atoms with E-state index in [-0.39, 0.29) is 42.4 Å². The molecule has 296 valence electrons. The molecular formula is C39H45N13O5. The van der Waals surface area contributed by atoms with Crippen LogP contribution in [0.2, 0.25) is 0 Å². The lowest BCUT2D eigenvalue weighted by Crippen LogP contribution is -2.35. The number of nitrogens with zero attached hydrogens (tertiary/aromatic N) is 9. The van der Waals surface area contributed by atoms with Gasteiger partial charge in [0.15, 0.2) is 0 Å². The molecule has 1 saturated heterocycles. The zero-order valence-corrected chi connectivity index (χ0v) is 32.3. The van der Waals surface area contributed by atoms with Crippen molar-refractivity contribution >= 4 is 57.6 Å². The Labute approximate surface area is 327 Å². The van der Waals surface area contributed by atoms with Gasteiger partial charge in [-0.2, -0.15) is 10.2 Å². The van der Waals surface area contributed by atoms with Crippen LogP contribution in [0.4, 0.5) is 11.9 Å². The summed E-state index contributed by atoms with van der Waals surface area (Å²) in [6.45, 7) is 12.1. The van der Waals surface area contributed by atoms with Crippen molar-refractivity contribution < 1.29 is 23.9 Å². The number of hydrogen-bond acceptors (Lipinski definition) is 10. The number of ether oxygens (including phenoxy) is 1. The number of morpholine rings is 1. The zero-order chi connectivity index (χ0) is 40.4. The summed E-state index contributed by atoms with van der Waals surface area (Å²) in [5, 5.41) is 14.7. The molecule has 2 aromatic carbocycles. The van der Waals surface area contributed by atoms with Crippen LogP contribution in [0.15, 0.2) is 54.6 Å². The molecule has 1 aliphatic rings. The second kappa shape index (κ2) is 16.2. The summed E-state index contributed by atoms with van der Waals surface area (Å²) in [5.41, 5.74) is 17.3. The molecule has 7 rings (SSSR count). The maximum Gasteiger partial charge on any atom is 0.276 e. The predicted octanol–water partition coefficient (Wildman–Crippen LogP) is 3.23. The molecule has 18 heteroatoms. The minimum absolute atomic E-state index is 0.262. The standard InChI is InChI=1S/C39H45N13O5/c1-5-51-31(17-23(3)46-51)36(55)44-38-42-28-20-25(34(40)53)9-10-30(28)49(38)11-7-8-12-50-33-27(22-48-13-15-57-16-14-48)19-26(35(41)54)21-29(33)43-39(50)45-37(56)32-18-24(4)47-52(32)6-2/h7-10,17-21H,5-6,11-16,22H2,1-4H3,(H2,40,53)(H2,41,54)(H,42,44,55)(H,43,45,56)/b8-7+. The Morgan fingerprint density at radius 1 is 0.737 bits per heavy atom. The van der Waals surface area contributed by atoms with Crippen LogP contribution in [-0.4, -0.2) is 93.5 Å². The number of imidazole rings is 2. The predicted molar refractivity (Wildman–Crippen MR) is 213 cm³/mol. The van der Waals surface area contributed by atoms with Gasteiger partial charge in [0.1, 0.15) is 11.4 Å². The Balaban J connectivity index is 1.26. The molecule has 4 aromatic heterocycles. The van der Waals surface area contributed by atoms with Gasteiger partial charge in [0.05, 0.1) is 46.7 Å². The normalized spacial score (nSPS) is 13.5. The summed E-state index contributed by atoms with van der Waals surface area (Å²) in [7, 11) is 0. The molecule has 57 heavy (non-hydrogen) atoms. The van der Waals surface area contributed by atoms with E-state index in [9.17, 15) is 19.2 Å². The second-order valence-corrected chi connectivity index (χ2v) is 13.8. The van der Waals surface area contributed by atoms with E-state index in [1.54, 1.807) is 51.8 Å². The number of carbonyl (C=O) groups is 4. The van der Waals surface area contributed by atoms with Crippen molar-refractivity contribution in [3.8, 4) is 0 Å². The number of nitrogens with one attached hydrogen (secondary N) is 2. The molecule has 0 bridgehead atoms. The van der Waals surface area contributed by atoms with E-state index in [4.69, 9.17) is 21.2 Å². The highest BCUT2D eigenvalue weighted by Crippen LogP contribution is 2.28. The molecule has 6 aromatic rings. The SMILES string of the molecule is CCn1nc(C)cc1C(=O)Nc1nc2cc(C(N)=O)ccc2n1C/C=C/Cn1c(NC(=O)c2cc(C)nn2CC)nc2cc(C(N)=O)cc(CN3CCOCC3)c21. The van der Waals surface area contributed by atoms with E-state index in [2.05, 4.69) is 30.7 Å². The summed E-state index contributed by atoms with van der Waals surface area (Å²) in [4.78, 5) is 63.5. The van der Waals surface area contributed by atoms with E-state index < -0.39 is 11.8 Å². The average Bonchev–Trinajstić information content (AvgIpc) is 3.95. The number of nitrogens with two attached hydrogens (primary N) is 2. The summed E-state index contributed by atoms with van der Waals surface area (Å²) in [6, 6.07) is 11.8. The number of aryl methyl sites for hydroxylation is 4. The van der Waals surface area contributed by atoms with Crippen molar-refractivity contribution in [2.24, 2.45) is 11.5 Å². The maximum atomic E-state index is 13.7. The van der Waals surface area contributed by atoms with Crippen molar-refractivity contribution in [1.29, 1.82) is 0 Å². The lowest BCUT2D eigenvalue weighted by atomic mass is 10.1. The third kappa shape index (κ3) is 8.03. The molecule has 5 heterocycles. The number of fused-ring (bicyclic) bond motifs is 2. The van der Waals surface area contributed by atoms with Crippen LogP contribution in [-0.2, 0) is 37.5 Å². The molecule has 18 nitrogen and oxygen atoms in total. The smallest absolute Gasteiger partial charge is 0.276 e. The van der Waals surface area contributed by atoms with E-state index in [1.165, 1.54) is 0 Å². The molecule has 0 atom stereocenters. The average molecular weight is 776 g/mol. The van der Waals surface area contributed by atoms with Crippen LogP contribution in [0.3, 0.4) is 0 Å². The number of allylic oxidation sites excluding steroid dienone is 2. The number of amides is 4. The van der Waals surface area contributed by atoms with Gasteiger partial charge in [0, 0.05) is 56.9 Å². The number of rotatable bonds is 14. The van der Waals surface area contributed by atoms with Gasteiger partial charge in [-0.15, -0.1) is 0 Å². The highest BCUT2D eigenvalue weighted by molar-refractivity contribution is 6.05. The monoisotopic (exact) mass is 775 g/mol. The number of anilines is 2. The maximum absolute atomic E-state index is 13.7.